The number of amides is 1. The van der Waals surface area contributed by atoms with Crippen molar-refractivity contribution in [2.24, 2.45) is 5.92 Å². The van der Waals surface area contributed by atoms with Crippen LogP contribution in [0.15, 0.2) is 54.6 Å². The van der Waals surface area contributed by atoms with Gasteiger partial charge in [0, 0.05) is 18.5 Å². The molecule has 1 fully saturated rings. The molecule has 30 heavy (non-hydrogen) atoms. The summed E-state index contributed by atoms with van der Waals surface area (Å²) >= 11 is 0. The Morgan fingerprint density at radius 1 is 1.13 bits per heavy atom. The molecule has 156 valence electrons. The van der Waals surface area contributed by atoms with E-state index in [1.165, 1.54) is 12.8 Å². The fourth-order valence-electron chi connectivity index (χ4n) is 3.88. The number of aromatic nitrogens is 1. The molecular formula is C24H27N3O3. The molecular weight excluding hydrogens is 378 g/mol. The Kier molecular flexibility index (Phi) is 6.02. The van der Waals surface area contributed by atoms with E-state index in [1.54, 1.807) is 19.2 Å². The minimum Gasteiger partial charge on any atom is -0.495 e. The van der Waals surface area contributed by atoms with Gasteiger partial charge in [0.05, 0.1) is 12.8 Å². The first-order chi connectivity index (χ1) is 14.6. The number of carbonyl (C=O) groups is 1. The molecule has 1 N–H and O–H groups in total. The minimum absolute atomic E-state index is 0.107. The summed E-state index contributed by atoms with van der Waals surface area (Å²) in [7, 11) is 1.57. The summed E-state index contributed by atoms with van der Waals surface area (Å²) in [6, 6.07) is 17.2. The molecule has 3 aromatic rings. The number of ether oxygens (including phenoxy) is 2. The van der Waals surface area contributed by atoms with Gasteiger partial charge in [-0.25, -0.2) is 4.98 Å². The standard InChI is InChI=1S/C24H27N3O3/c1-17-7-6-14-27(15-17)22-13-12-18-8-5-11-21(24(18)26-22)30-16-23(28)25-19-9-3-4-10-20(19)29-2/h3-5,8-13,17H,6-7,14-16H2,1-2H3,(H,25,28). The van der Waals surface area contributed by atoms with Crippen molar-refractivity contribution in [2.75, 3.05) is 37.0 Å². The van der Waals surface area contributed by atoms with Crippen molar-refractivity contribution >= 4 is 28.3 Å². The van der Waals surface area contributed by atoms with Crippen LogP contribution in [0.1, 0.15) is 19.8 Å². The number of para-hydroxylation sites is 3. The molecule has 0 saturated carbocycles. The SMILES string of the molecule is COc1ccccc1NC(=O)COc1cccc2ccc(N3CCCC(C)C3)nc12. The molecule has 0 spiro atoms. The van der Waals surface area contributed by atoms with Gasteiger partial charge in [-0.2, -0.15) is 0 Å². The number of nitrogens with zero attached hydrogens (tertiary/aromatic N) is 2. The second kappa shape index (κ2) is 9.03. The summed E-state index contributed by atoms with van der Waals surface area (Å²) in [5, 5.41) is 3.82. The quantitative estimate of drug-likeness (QED) is 0.654. The van der Waals surface area contributed by atoms with Crippen molar-refractivity contribution in [1.82, 2.24) is 4.98 Å². The number of benzene rings is 2. The average molecular weight is 405 g/mol. The largest absolute Gasteiger partial charge is 0.495 e. The summed E-state index contributed by atoms with van der Waals surface area (Å²) in [4.78, 5) is 19.6. The molecule has 1 unspecified atom stereocenters. The summed E-state index contributed by atoms with van der Waals surface area (Å²) in [6.45, 7) is 4.21. The van der Waals surface area contributed by atoms with Crippen LogP contribution >= 0.6 is 0 Å². The highest BCUT2D eigenvalue weighted by Gasteiger charge is 2.18. The molecule has 6 nitrogen and oxygen atoms in total. The van der Waals surface area contributed by atoms with Gasteiger partial charge in [-0.3, -0.25) is 4.79 Å². The molecule has 1 aromatic heterocycles. The van der Waals surface area contributed by atoms with Gasteiger partial charge in [-0.1, -0.05) is 31.2 Å². The zero-order valence-corrected chi connectivity index (χ0v) is 17.4. The maximum Gasteiger partial charge on any atom is 0.262 e. The fraction of sp³-hybridized carbons (Fsp3) is 0.333. The van der Waals surface area contributed by atoms with Crippen molar-refractivity contribution in [3.63, 3.8) is 0 Å². The van der Waals surface area contributed by atoms with E-state index < -0.39 is 0 Å². The monoisotopic (exact) mass is 405 g/mol. The number of piperidine rings is 1. The van der Waals surface area contributed by atoms with Crippen molar-refractivity contribution in [2.45, 2.75) is 19.8 Å². The summed E-state index contributed by atoms with van der Waals surface area (Å²) in [5.74, 6) is 2.59. The second-order valence-corrected chi connectivity index (χ2v) is 7.73. The molecule has 1 amide bonds. The molecule has 4 rings (SSSR count). The first kappa shape index (κ1) is 20.0. The van der Waals surface area contributed by atoms with Crippen LogP contribution < -0.4 is 19.7 Å². The lowest BCUT2D eigenvalue weighted by atomic mass is 10.0. The first-order valence-electron chi connectivity index (χ1n) is 10.3. The van der Waals surface area contributed by atoms with E-state index in [0.717, 1.165) is 29.8 Å². The smallest absolute Gasteiger partial charge is 0.262 e. The van der Waals surface area contributed by atoms with E-state index in [9.17, 15) is 4.79 Å². The number of hydrogen-bond acceptors (Lipinski definition) is 5. The normalized spacial score (nSPS) is 16.3. The first-order valence-corrected chi connectivity index (χ1v) is 10.3. The number of anilines is 2. The van der Waals surface area contributed by atoms with Crippen LogP contribution in [-0.4, -0.2) is 37.7 Å². The second-order valence-electron chi connectivity index (χ2n) is 7.73. The fourth-order valence-corrected chi connectivity index (χ4v) is 3.88. The van der Waals surface area contributed by atoms with Gasteiger partial charge in [-0.05, 0) is 49.1 Å². The lowest BCUT2D eigenvalue weighted by Gasteiger charge is -2.32. The molecule has 0 bridgehead atoms. The van der Waals surface area contributed by atoms with Crippen LogP contribution in [0.4, 0.5) is 11.5 Å². The molecule has 1 aliphatic heterocycles. The van der Waals surface area contributed by atoms with Gasteiger partial charge < -0.3 is 19.7 Å². The molecule has 1 aliphatic rings. The van der Waals surface area contributed by atoms with Gasteiger partial charge in [0.15, 0.2) is 6.61 Å². The molecule has 2 aromatic carbocycles. The van der Waals surface area contributed by atoms with Crippen LogP contribution in [0.25, 0.3) is 10.9 Å². The third-order valence-corrected chi connectivity index (χ3v) is 5.39. The van der Waals surface area contributed by atoms with E-state index in [-0.39, 0.29) is 12.5 Å². The van der Waals surface area contributed by atoms with E-state index in [4.69, 9.17) is 14.5 Å². The average Bonchev–Trinajstić information content (AvgIpc) is 2.77. The minimum atomic E-state index is -0.252. The number of fused-ring (bicyclic) bond motifs is 1. The third-order valence-electron chi connectivity index (χ3n) is 5.39. The zero-order valence-electron chi connectivity index (χ0n) is 17.4. The van der Waals surface area contributed by atoms with Gasteiger partial charge in [0.1, 0.15) is 22.8 Å². The van der Waals surface area contributed by atoms with Crippen LogP contribution in [0.3, 0.4) is 0 Å². The highest BCUT2D eigenvalue weighted by molar-refractivity contribution is 5.94. The van der Waals surface area contributed by atoms with Crippen molar-refractivity contribution in [3.05, 3.63) is 54.6 Å². The van der Waals surface area contributed by atoms with Crippen LogP contribution in [0.5, 0.6) is 11.5 Å². The van der Waals surface area contributed by atoms with Gasteiger partial charge in [0.2, 0.25) is 0 Å². The number of hydrogen-bond donors (Lipinski definition) is 1. The molecule has 6 heteroatoms. The maximum absolute atomic E-state index is 12.4. The van der Waals surface area contributed by atoms with Crippen molar-refractivity contribution < 1.29 is 14.3 Å². The van der Waals surface area contributed by atoms with Gasteiger partial charge in [-0.15, -0.1) is 0 Å². The Morgan fingerprint density at radius 2 is 1.97 bits per heavy atom. The summed E-state index contributed by atoms with van der Waals surface area (Å²) in [6.07, 6.45) is 2.45. The Bertz CT molecular complexity index is 1040. The molecule has 2 heterocycles. The molecule has 1 saturated heterocycles. The molecule has 1 atom stereocenters. The van der Waals surface area contributed by atoms with E-state index >= 15 is 0 Å². The Morgan fingerprint density at radius 3 is 2.80 bits per heavy atom. The molecule has 0 radical (unpaired) electrons. The van der Waals surface area contributed by atoms with Gasteiger partial charge in [0.25, 0.3) is 5.91 Å². The zero-order chi connectivity index (χ0) is 20.9. The highest BCUT2D eigenvalue weighted by Crippen LogP contribution is 2.29. The predicted octanol–water partition coefficient (Wildman–Crippen LogP) is 4.50. The highest BCUT2D eigenvalue weighted by atomic mass is 16.5. The number of pyridine rings is 1. The number of nitrogens with one attached hydrogen (secondary N) is 1. The number of carbonyl (C=O) groups excluding carboxylic acids is 1. The number of rotatable bonds is 6. The topological polar surface area (TPSA) is 63.7 Å². The van der Waals surface area contributed by atoms with Crippen molar-refractivity contribution in [1.29, 1.82) is 0 Å². The van der Waals surface area contributed by atoms with E-state index in [1.807, 2.05) is 30.3 Å². The van der Waals surface area contributed by atoms with Crippen LogP contribution in [-0.2, 0) is 4.79 Å². The van der Waals surface area contributed by atoms with Gasteiger partial charge >= 0.3 is 0 Å². The maximum atomic E-state index is 12.4. The van der Waals surface area contributed by atoms with Crippen LogP contribution in [0.2, 0.25) is 0 Å². The number of methoxy groups -OCH3 is 1. The Hall–Kier alpha value is -3.28. The predicted molar refractivity (Wildman–Crippen MR) is 119 cm³/mol. The third kappa shape index (κ3) is 4.48. The summed E-state index contributed by atoms with van der Waals surface area (Å²) in [5.41, 5.74) is 1.39. The Balaban J connectivity index is 1.49. The van der Waals surface area contributed by atoms with E-state index in [0.29, 0.717) is 23.1 Å². The summed E-state index contributed by atoms with van der Waals surface area (Å²) < 4.78 is 11.1. The Labute approximate surface area is 176 Å². The van der Waals surface area contributed by atoms with Crippen LogP contribution in [0, 0.1) is 5.92 Å². The lowest BCUT2D eigenvalue weighted by Crippen LogP contribution is -2.34. The van der Waals surface area contributed by atoms with E-state index in [2.05, 4.69) is 29.3 Å². The lowest BCUT2D eigenvalue weighted by molar-refractivity contribution is -0.118. The van der Waals surface area contributed by atoms with Crippen molar-refractivity contribution in [3.8, 4) is 11.5 Å². The molecule has 0 aliphatic carbocycles.